The molecule has 4 rings (SSSR count). The summed E-state index contributed by atoms with van der Waals surface area (Å²) in [5, 5.41) is 10.5. The number of hydrogen-bond donors (Lipinski definition) is 1. The lowest BCUT2D eigenvalue weighted by molar-refractivity contribution is -0.155. The molecule has 50 heavy (non-hydrogen) atoms. The second-order valence-corrected chi connectivity index (χ2v) is 16.5. The van der Waals surface area contributed by atoms with Crippen LogP contribution in [-0.4, -0.2) is 46.2 Å². The highest BCUT2D eigenvalue weighted by atomic mass is 16.6. The molecule has 0 saturated carbocycles. The molecular weight excluding hydrogens is 630 g/mol. The molecular formula is C42H55NO7. The van der Waals surface area contributed by atoms with Gasteiger partial charge >= 0.3 is 17.9 Å². The van der Waals surface area contributed by atoms with Crippen molar-refractivity contribution >= 4 is 56.1 Å². The summed E-state index contributed by atoms with van der Waals surface area (Å²) in [4.78, 5) is 52.4. The second-order valence-electron chi connectivity index (χ2n) is 16.5. The van der Waals surface area contributed by atoms with Crippen LogP contribution in [-0.2, 0) is 39.8 Å². The monoisotopic (exact) mass is 685 g/mol. The molecule has 270 valence electrons. The normalized spacial score (nSPS) is 12.7. The van der Waals surface area contributed by atoms with E-state index in [0.717, 1.165) is 0 Å². The average Bonchev–Trinajstić information content (AvgIpc) is 2.98. The molecule has 1 N–H and O–H groups in total. The predicted octanol–water partition coefficient (Wildman–Crippen LogP) is 9.13. The molecule has 8 heteroatoms. The van der Waals surface area contributed by atoms with Gasteiger partial charge in [-0.3, -0.25) is 19.2 Å². The summed E-state index contributed by atoms with van der Waals surface area (Å²) >= 11 is 0. The van der Waals surface area contributed by atoms with Crippen LogP contribution in [0.2, 0.25) is 0 Å². The molecule has 0 heterocycles. The van der Waals surface area contributed by atoms with Crippen molar-refractivity contribution in [1.29, 1.82) is 0 Å². The highest BCUT2D eigenvalue weighted by Gasteiger charge is 2.35. The van der Waals surface area contributed by atoms with Crippen LogP contribution in [0.25, 0.3) is 32.3 Å². The van der Waals surface area contributed by atoms with Crippen molar-refractivity contribution in [2.24, 2.45) is 0 Å². The first-order valence-corrected chi connectivity index (χ1v) is 17.8. The zero-order chi connectivity index (χ0) is 36.9. The van der Waals surface area contributed by atoms with Gasteiger partial charge in [0.15, 0.2) is 0 Å². The Morgan fingerprint density at radius 1 is 0.540 bits per heavy atom. The zero-order valence-corrected chi connectivity index (χ0v) is 31.4. The summed E-state index contributed by atoms with van der Waals surface area (Å²) in [6.45, 7) is 16.2. The number of aryl methyl sites for hydroxylation is 1. The van der Waals surface area contributed by atoms with Crippen molar-refractivity contribution in [3.63, 3.8) is 0 Å². The van der Waals surface area contributed by atoms with E-state index in [9.17, 15) is 19.2 Å². The minimum absolute atomic E-state index is 0.00289. The Morgan fingerprint density at radius 3 is 1.42 bits per heavy atom. The van der Waals surface area contributed by atoms with Crippen molar-refractivity contribution in [3.8, 4) is 0 Å². The van der Waals surface area contributed by atoms with Crippen molar-refractivity contribution in [2.75, 3.05) is 0 Å². The zero-order valence-electron chi connectivity index (χ0n) is 31.4. The molecule has 0 aliphatic rings. The Balaban J connectivity index is 1.54. The fraction of sp³-hybridized carbons (Fsp3) is 0.524. The van der Waals surface area contributed by atoms with Crippen molar-refractivity contribution in [2.45, 2.75) is 142 Å². The van der Waals surface area contributed by atoms with E-state index in [2.05, 4.69) is 59.9 Å². The summed E-state index contributed by atoms with van der Waals surface area (Å²) < 4.78 is 16.7. The number of esters is 3. The lowest BCUT2D eigenvalue weighted by Gasteiger charge is -2.36. The number of amides is 1. The van der Waals surface area contributed by atoms with Crippen molar-refractivity contribution in [1.82, 2.24) is 5.32 Å². The van der Waals surface area contributed by atoms with Crippen molar-refractivity contribution in [3.05, 3.63) is 60.2 Å². The molecule has 0 bridgehead atoms. The van der Waals surface area contributed by atoms with Gasteiger partial charge in [0.25, 0.3) is 0 Å². The largest absolute Gasteiger partial charge is 0.460 e. The van der Waals surface area contributed by atoms with Crippen LogP contribution in [0, 0.1) is 0 Å². The van der Waals surface area contributed by atoms with Gasteiger partial charge in [-0.25, -0.2) is 0 Å². The van der Waals surface area contributed by atoms with E-state index in [4.69, 9.17) is 14.2 Å². The van der Waals surface area contributed by atoms with E-state index < -0.39 is 40.2 Å². The number of carbonyl (C=O) groups is 4. The first kappa shape index (κ1) is 38.6. The molecule has 0 aliphatic carbocycles. The predicted molar refractivity (Wildman–Crippen MR) is 199 cm³/mol. The highest BCUT2D eigenvalue weighted by molar-refractivity contribution is 6.23. The van der Waals surface area contributed by atoms with E-state index in [1.54, 1.807) is 62.3 Å². The number of rotatable bonds is 14. The molecule has 0 spiro atoms. The van der Waals surface area contributed by atoms with E-state index in [1.165, 1.54) is 37.9 Å². The first-order valence-electron chi connectivity index (χ1n) is 17.8. The van der Waals surface area contributed by atoms with Gasteiger partial charge < -0.3 is 19.5 Å². The third-order valence-electron chi connectivity index (χ3n) is 8.56. The van der Waals surface area contributed by atoms with Gasteiger partial charge in [0.2, 0.25) is 5.91 Å². The number of hydrogen-bond acceptors (Lipinski definition) is 7. The minimum atomic E-state index is -1.05. The summed E-state index contributed by atoms with van der Waals surface area (Å²) in [7, 11) is 0. The molecule has 8 nitrogen and oxygen atoms in total. The standard InChI is InChI=1S/C42H55NO7/c1-39(2,3)48-34(45)22-25-42(26-23-35(46)49-40(4,5)6,27-24-36(47)50-41(7,8)9)43-33(44)15-11-12-28-16-17-31-19-18-29-13-10-14-30-20-21-32(28)38(31)37(29)30/h10,13-14,16-21H,11-12,15,22-27H2,1-9H3,(H,43,44). The Labute approximate surface area is 296 Å². The maximum atomic E-state index is 13.7. The quantitative estimate of drug-likeness (QED) is 0.0801. The van der Waals surface area contributed by atoms with Crippen LogP contribution in [0.3, 0.4) is 0 Å². The molecule has 0 saturated heterocycles. The van der Waals surface area contributed by atoms with E-state index in [-0.39, 0.29) is 50.9 Å². The van der Waals surface area contributed by atoms with Gasteiger partial charge in [-0.1, -0.05) is 54.6 Å². The van der Waals surface area contributed by atoms with Crippen molar-refractivity contribution < 1.29 is 33.4 Å². The van der Waals surface area contributed by atoms with Crippen LogP contribution < -0.4 is 5.32 Å². The molecule has 1 amide bonds. The van der Waals surface area contributed by atoms with Crippen LogP contribution in [0.15, 0.2) is 54.6 Å². The summed E-state index contributed by atoms with van der Waals surface area (Å²) in [6, 6.07) is 19.3. The number of carbonyl (C=O) groups excluding carboxylic acids is 4. The molecule has 4 aromatic rings. The molecule has 0 aromatic heterocycles. The summed E-state index contributed by atoms with van der Waals surface area (Å²) in [5.41, 5.74) is -1.91. The summed E-state index contributed by atoms with van der Waals surface area (Å²) in [5.74, 6) is -1.46. The van der Waals surface area contributed by atoms with Gasteiger partial charge in [0, 0.05) is 31.2 Å². The molecule has 0 fully saturated rings. The lowest BCUT2D eigenvalue weighted by Crippen LogP contribution is -2.50. The van der Waals surface area contributed by atoms with Gasteiger partial charge in [-0.15, -0.1) is 0 Å². The second kappa shape index (κ2) is 15.4. The Bertz CT molecular complexity index is 1730. The van der Waals surface area contributed by atoms with Gasteiger partial charge in [0.05, 0.1) is 0 Å². The van der Waals surface area contributed by atoms with Crippen LogP contribution in [0.4, 0.5) is 0 Å². The van der Waals surface area contributed by atoms with Crippen LogP contribution in [0.1, 0.15) is 119 Å². The maximum Gasteiger partial charge on any atom is 0.306 e. The Kier molecular flexibility index (Phi) is 11.9. The number of benzene rings is 4. The molecule has 0 unspecified atom stereocenters. The Hall–Kier alpha value is -4.20. The lowest BCUT2D eigenvalue weighted by atomic mass is 9.83. The van der Waals surface area contributed by atoms with E-state index in [0.29, 0.717) is 12.8 Å². The topological polar surface area (TPSA) is 108 Å². The average molecular weight is 686 g/mol. The molecule has 0 atom stereocenters. The first-order chi connectivity index (χ1) is 23.2. The third kappa shape index (κ3) is 11.2. The smallest absolute Gasteiger partial charge is 0.306 e. The molecule has 0 radical (unpaired) electrons. The van der Waals surface area contributed by atoms with Gasteiger partial charge in [0.1, 0.15) is 16.8 Å². The highest BCUT2D eigenvalue weighted by Crippen LogP contribution is 2.36. The minimum Gasteiger partial charge on any atom is -0.460 e. The third-order valence-corrected chi connectivity index (χ3v) is 8.56. The maximum absolute atomic E-state index is 13.7. The van der Waals surface area contributed by atoms with Gasteiger partial charge in [-0.05, 0) is 132 Å². The fourth-order valence-corrected chi connectivity index (χ4v) is 6.58. The Morgan fingerprint density at radius 2 is 0.960 bits per heavy atom. The van der Waals surface area contributed by atoms with Crippen LogP contribution in [0.5, 0.6) is 0 Å². The fourth-order valence-electron chi connectivity index (χ4n) is 6.58. The van der Waals surface area contributed by atoms with Gasteiger partial charge in [-0.2, -0.15) is 0 Å². The SMILES string of the molecule is CC(C)(C)OC(=O)CCC(CCC(=O)OC(C)(C)C)(CCC(=O)OC(C)(C)C)NC(=O)CCCc1ccc2ccc3cccc4ccc1c2c34. The number of ether oxygens (including phenoxy) is 3. The molecule has 0 aliphatic heterocycles. The van der Waals surface area contributed by atoms with E-state index in [1.807, 2.05) is 0 Å². The molecule has 4 aromatic carbocycles. The summed E-state index contributed by atoms with van der Waals surface area (Å²) in [6.07, 6.45) is 2.10. The van der Waals surface area contributed by atoms with E-state index >= 15 is 0 Å². The van der Waals surface area contributed by atoms with Crippen LogP contribution >= 0.6 is 0 Å². The number of nitrogens with one attached hydrogen (secondary N) is 1.